The number of benzene rings is 1. The zero-order chi connectivity index (χ0) is 17.1. The Morgan fingerprint density at radius 2 is 2.04 bits per heavy atom. The van der Waals surface area contributed by atoms with Gasteiger partial charge < -0.3 is 10.2 Å². The predicted molar refractivity (Wildman–Crippen MR) is 98.3 cm³/mol. The Labute approximate surface area is 143 Å². The summed E-state index contributed by atoms with van der Waals surface area (Å²) in [7, 11) is 0. The fraction of sp³-hybridized carbons (Fsp3) is 0.400. The molecule has 0 fully saturated rings. The van der Waals surface area contributed by atoms with Crippen LogP contribution in [-0.4, -0.2) is 16.9 Å². The van der Waals surface area contributed by atoms with E-state index < -0.39 is 0 Å². The number of para-hydroxylation sites is 1. The van der Waals surface area contributed by atoms with E-state index in [0.29, 0.717) is 6.42 Å². The Balaban J connectivity index is 1.90. The largest absolute Gasteiger partial charge is 0.363 e. The highest BCUT2D eigenvalue weighted by molar-refractivity contribution is 5.95. The molecule has 1 N–H and O–H groups in total. The van der Waals surface area contributed by atoms with Crippen molar-refractivity contribution < 1.29 is 4.79 Å². The molecule has 0 radical (unpaired) electrons. The number of rotatable bonds is 4. The molecule has 3 rings (SSSR count). The molecular formula is C20H25N3O. The molecule has 2 aromatic rings. The number of anilines is 2. The third-order valence-electron chi connectivity index (χ3n) is 4.72. The molecule has 0 bridgehead atoms. The first-order valence-corrected chi connectivity index (χ1v) is 8.76. The van der Waals surface area contributed by atoms with E-state index in [0.717, 1.165) is 24.3 Å². The van der Waals surface area contributed by atoms with Crippen molar-refractivity contribution >= 4 is 17.4 Å². The van der Waals surface area contributed by atoms with Gasteiger partial charge in [0.2, 0.25) is 5.91 Å². The number of fused-ring (bicyclic) bond motifs is 1. The summed E-state index contributed by atoms with van der Waals surface area (Å²) >= 11 is 0. The molecule has 1 amide bonds. The minimum atomic E-state index is 0.164. The molecule has 1 aliphatic heterocycles. The van der Waals surface area contributed by atoms with Crippen molar-refractivity contribution in [1.82, 2.24) is 4.98 Å². The lowest BCUT2D eigenvalue weighted by Crippen LogP contribution is -2.44. The molecule has 0 saturated carbocycles. The van der Waals surface area contributed by atoms with Gasteiger partial charge in [0.1, 0.15) is 5.82 Å². The van der Waals surface area contributed by atoms with Gasteiger partial charge in [-0.15, -0.1) is 0 Å². The zero-order valence-electron chi connectivity index (χ0n) is 14.6. The molecule has 0 aliphatic carbocycles. The highest BCUT2D eigenvalue weighted by Gasteiger charge is 2.32. The summed E-state index contributed by atoms with van der Waals surface area (Å²) in [6.07, 6.45) is 4.31. The van der Waals surface area contributed by atoms with Gasteiger partial charge in [0.05, 0.1) is 6.04 Å². The molecule has 4 nitrogen and oxygen atoms in total. The summed E-state index contributed by atoms with van der Waals surface area (Å²) in [5, 5.41) is 3.55. The Bertz CT molecular complexity index is 711. The lowest BCUT2D eigenvalue weighted by Gasteiger charge is -2.39. The Kier molecular flexibility index (Phi) is 4.84. The number of hydrogen-bond donors (Lipinski definition) is 1. The lowest BCUT2D eigenvalue weighted by molar-refractivity contribution is -0.118. The van der Waals surface area contributed by atoms with Gasteiger partial charge in [0.15, 0.2) is 0 Å². The van der Waals surface area contributed by atoms with Crippen LogP contribution in [0.1, 0.15) is 50.8 Å². The lowest BCUT2D eigenvalue weighted by atomic mass is 9.91. The van der Waals surface area contributed by atoms with Crippen LogP contribution in [0.2, 0.25) is 0 Å². The molecule has 4 heteroatoms. The summed E-state index contributed by atoms with van der Waals surface area (Å²) in [5.74, 6) is 1.06. The molecule has 0 spiro atoms. The van der Waals surface area contributed by atoms with Gasteiger partial charge in [-0.25, -0.2) is 4.98 Å². The molecule has 1 aromatic carbocycles. The highest BCUT2D eigenvalue weighted by atomic mass is 16.2. The minimum Gasteiger partial charge on any atom is -0.363 e. The summed E-state index contributed by atoms with van der Waals surface area (Å²) in [6, 6.07) is 12.7. The third kappa shape index (κ3) is 3.14. The van der Waals surface area contributed by atoms with E-state index in [1.807, 2.05) is 42.3 Å². The van der Waals surface area contributed by atoms with Crippen LogP contribution in [0.5, 0.6) is 0 Å². The standard InChI is InChI=1S/C20H25N3O/c1-4-15-10-11-19(21-13-15)22-17-12-14(3)23(20(24)5-2)18-9-7-6-8-16(17)18/h6-11,13-14,17H,4-5,12H2,1-3H3,(H,21,22). The van der Waals surface area contributed by atoms with E-state index >= 15 is 0 Å². The van der Waals surface area contributed by atoms with E-state index in [4.69, 9.17) is 0 Å². The summed E-state index contributed by atoms with van der Waals surface area (Å²) in [4.78, 5) is 18.8. The Morgan fingerprint density at radius 1 is 1.25 bits per heavy atom. The van der Waals surface area contributed by atoms with Gasteiger partial charge in [-0.3, -0.25) is 4.79 Å². The number of aromatic nitrogens is 1. The Hall–Kier alpha value is -2.36. The first-order valence-electron chi connectivity index (χ1n) is 8.76. The van der Waals surface area contributed by atoms with Crippen molar-refractivity contribution in [2.24, 2.45) is 0 Å². The molecule has 2 heterocycles. The van der Waals surface area contributed by atoms with Crippen molar-refractivity contribution in [3.8, 4) is 0 Å². The van der Waals surface area contributed by atoms with E-state index in [1.54, 1.807) is 0 Å². The SMILES string of the molecule is CCC(=O)N1c2ccccc2C(Nc2ccc(CC)cn2)CC1C. The maximum atomic E-state index is 12.4. The smallest absolute Gasteiger partial charge is 0.226 e. The van der Waals surface area contributed by atoms with Crippen LogP contribution in [0.25, 0.3) is 0 Å². The van der Waals surface area contributed by atoms with Crippen molar-refractivity contribution in [3.63, 3.8) is 0 Å². The van der Waals surface area contributed by atoms with Gasteiger partial charge in [-0.2, -0.15) is 0 Å². The van der Waals surface area contributed by atoms with Crippen LogP contribution in [0.3, 0.4) is 0 Å². The number of carbonyl (C=O) groups excluding carboxylic acids is 1. The van der Waals surface area contributed by atoms with Gasteiger partial charge in [0.25, 0.3) is 0 Å². The van der Waals surface area contributed by atoms with Gasteiger partial charge in [0, 0.05) is 24.3 Å². The second-order valence-corrected chi connectivity index (χ2v) is 6.36. The average molecular weight is 323 g/mol. The number of aryl methyl sites for hydroxylation is 1. The highest BCUT2D eigenvalue weighted by Crippen LogP contribution is 2.38. The number of amides is 1. The second-order valence-electron chi connectivity index (χ2n) is 6.36. The molecule has 2 unspecified atom stereocenters. The summed E-state index contributed by atoms with van der Waals surface area (Å²) < 4.78 is 0. The number of nitrogens with zero attached hydrogens (tertiary/aromatic N) is 2. The zero-order valence-corrected chi connectivity index (χ0v) is 14.6. The summed E-state index contributed by atoms with van der Waals surface area (Å²) in [5.41, 5.74) is 3.42. The minimum absolute atomic E-state index is 0.164. The van der Waals surface area contributed by atoms with Crippen LogP contribution in [-0.2, 0) is 11.2 Å². The quantitative estimate of drug-likeness (QED) is 0.910. The fourth-order valence-corrected chi connectivity index (χ4v) is 3.40. The van der Waals surface area contributed by atoms with E-state index in [1.165, 1.54) is 11.1 Å². The Morgan fingerprint density at radius 3 is 2.71 bits per heavy atom. The predicted octanol–water partition coefficient (Wildman–Crippen LogP) is 4.33. The van der Waals surface area contributed by atoms with E-state index in [-0.39, 0.29) is 18.0 Å². The molecule has 0 saturated heterocycles. The van der Waals surface area contributed by atoms with E-state index in [9.17, 15) is 4.79 Å². The number of hydrogen-bond acceptors (Lipinski definition) is 3. The first kappa shape index (κ1) is 16.5. The van der Waals surface area contributed by atoms with Crippen LogP contribution in [0.15, 0.2) is 42.6 Å². The van der Waals surface area contributed by atoms with Crippen LogP contribution >= 0.6 is 0 Å². The number of pyridine rings is 1. The van der Waals surface area contributed by atoms with E-state index in [2.05, 4.69) is 36.3 Å². The summed E-state index contributed by atoms with van der Waals surface area (Å²) in [6.45, 7) is 6.16. The third-order valence-corrected chi connectivity index (χ3v) is 4.72. The molecule has 1 aromatic heterocycles. The molecule has 1 aliphatic rings. The topological polar surface area (TPSA) is 45.2 Å². The number of nitrogens with one attached hydrogen (secondary N) is 1. The monoisotopic (exact) mass is 323 g/mol. The first-order chi connectivity index (χ1) is 11.6. The van der Waals surface area contributed by atoms with Gasteiger partial charge in [-0.05, 0) is 43.0 Å². The molecule has 126 valence electrons. The normalized spacial score (nSPS) is 19.7. The van der Waals surface area contributed by atoms with Crippen LogP contribution in [0, 0.1) is 0 Å². The maximum Gasteiger partial charge on any atom is 0.226 e. The average Bonchev–Trinajstić information content (AvgIpc) is 2.62. The molecule has 2 atom stereocenters. The van der Waals surface area contributed by atoms with Gasteiger partial charge >= 0.3 is 0 Å². The van der Waals surface area contributed by atoms with Crippen molar-refractivity contribution in [1.29, 1.82) is 0 Å². The van der Waals surface area contributed by atoms with Crippen molar-refractivity contribution in [3.05, 3.63) is 53.7 Å². The van der Waals surface area contributed by atoms with Crippen LogP contribution in [0.4, 0.5) is 11.5 Å². The second kappa shape index (κ2) is 7.04. The maximum absolute atomic E-state index is 12.4. The van der Waals surface area contributed by atoms with Crippen molar-refractivity contribution in [2.45, 2.75) is 52.1 Å². The van der Waals surface area contributed by atoms with Crippen LogP contribution < -0.4 is 10.2 Å². The molecule has 24 heavy (non-hydrogen) atoms. The molecular weight excluding hydrogens is 298 g/mol. The fourth-order valence-electron chi connectivity index (χ4n) is 3.40. The van der Waals surface area contributed by atoms with Crippen molar-refractivity contribution in [2.75, 3.05) is 10.2 Å². The van der Waals surface area contributed by atoms with Gasteiger partial charge in [-0.1, -0.05) is 38.1 Å². The number of carbonyl (C=O) groups is 1.